The summed E-state index contributed by atoms with van der Waals surface area (Å²) in [5.41, 5.74) is 6.52. The van der Waals surface area contributed by atoms with Crippen molar-refractivity contribution in [3.63, 3.8) is 0 Å². The Hall–Kier alpha value is -1.23. The highest BCUT2D eigenvalue weighted by Gasteiger charge is 2.41. The topological polar surface area (TPSA) is 63.8 Å². The first-order chi connectivity index (χ1) is 9.15. The van der Waals surface area contributed by atoms with Gasteiger partial charge in [-0.1, -0.05) is 18.6 Å². The van der Waals surface area contributed by atoms with Crippen LogP contribution in [0.1, 0.15) is 38.2 Å². The Bertz CT molecular complexity index is 490. The van der Waals surface area contributed by atoms with Crippen LogP contribution in [0.3, 0.4) is 0 Å². The second kappa shape index (κ2) is 5.04. The molecule has 102 valence electrons. The van der Waals surface area contributed by atoms with Gasteiger partial charge in [0.05, 0.1) is 11.8 Å². The highest BCUT2D eigenvalue weighted by Crippen LogP contribution is 2.49. The van der Waals surface area contributed by atoms with Crippen molar-refractivity contribution < 1.29 is 0 Å². The number of hydrogen-bond donors (Lipinski definition) is 2. The summed E-state index contributed by atoms with van der Waals surface area (Å²) >= 11 is 5.06. The zero-order chi connectivity index (χ0) is 13.4. The maximum absolute atomic E-state index is 5.73. The summed E-state index contributed by atoms with van der Waals surface area (Å²) in [7, 11) is 0. The standard InChI is InChI=1S/C14H20N4S/c1-8(12-7-9-2-3-10(12)6-9)17-14-11(13(15)19)4-5-16-18-14/h4-5,8-10,12H,2-3,6-7H2,1H3,(H2,15,19)(H,17,18). The van der Waals surface area contributed by atoms with Crippen molar-refractivity contribution in [2.45, 2.75) is 38.6 Å². The van der Waals surface area contributed by atoms with E-state index in [1.807, 2.05) is 6.07 Å². The van der Waals surface area contributed by atoms with E-state index in [1.54, 1.807) is 6.20 Å². The normalized spacial score (nSPS) is 30.3. The number of nitrogens with two attached hydrogens (primary N) is 1. The molecule has 0 aromatic carbocycles. The number of anilines is 1. The van der Waals surface area contributed by atoms with Crippen LogP contribution in [-0.4, -0.2) is 21.2 Å². The van der Waals surface area contributed by atoms with E-state index in [4.69, 9.17) is 18.0 Å². The van der Waals surface area contributed by atoms with Crippen LogP contribution in [0.5, 0.6) is 0 Å². The fourth-order valence-electron chi connectivity index (χ4n) is 3.87. The molecule has 2 saturated carbocycles. The Balaban J connectivity index is 1.73. The van der Waals surface area contributed by atoms with Gasteiger partial charge in [0, 0.05) is 6.04 Å². The van der Waals surface area contributed by atoms with Crippen LogP contribution in [0, 0.1) is 17.8 Å². The average molecular weight is 276 g/mol. The van der Waals surface area contributed by atoms with E-state index in [1.165, 1.54) is 25.7 Å². The Morgan fingerprint density at radius 1 is 1.47 bits per heavy atom. The number of thiocarbonyl (C=S) groups is 1. The van der Waals surface area contributed by atoms with Crippen molar-refractivity contribution >= 4 is 23.0 Å². The molecular weight excluding hydrogens is 256 g/mol. The molecule has 0 radical (unpaired) electrons. The Labute approximate surface area is 119 Å². The van der Waals surface area contributed by atoms with E-state index in [9.17, 15) is 0 Å². The molecule has 1 aromatic rings. The summed E-state index contributed by atoms with van der Waals surface area (Å²) in [6.45, 7) is 2.24. The summed E-state index contributed by atoms with van der Waals surface area (Å²) in [6, 6.07) is 2.23. The zero-order valence-corrected chi connectivity index (χ0v) is 12.0. The maximum Gasteiger partial charge on any atom is 0.159 e. The lowest BCUT2D eigenvalue weighted by Crippen LogP contribution is -2.31. The molecule has 4 atom stereocenters. The molecule has 0 aliphatic heterocycles. The van der Waals surface area contributed by atoms with E-state index in [2.05, 4.69) is 22.4 Å². The largest absolute Gasteiger partial charge is 0.389 e. The number of nitrogens with zero attached hydrogens (tertiary/aromatic N) is 2. The molecule has 2 aliphatic carbocycles. The van der Waals surface area contributed by atoms with Crippen molar-refractivity contribution in [1.82, 2.24) is 10.2 Å². The van der Waals surface area contributed by atoms with Crippen molar-refractivity contribution in [1.29, 1.82) is 0 Å². The van der Waals surface area contributed by atoms with Gasteiger partial charge in [-0.2, -0.15) is 5.10 Å². The molecule has 4 unspecified atom stereocenters. The molecule has 19 heavy (non-hydrogen) atoms. The van der Waals surface area contributed by atoms with Crippen LogP contribution in [0.4, 0.5) is 5.82 Å². The van der Waals surface area contributed by atoms with E-state index in [-0.39, 0.29) is 0 Å². The Morgan fingerprint density at radius 2 is 2.32 bits per heavy atom. The van der Waals surface area contributed by atoms with Gasteiger partial charge in [0.1, 0.15) is 4.99 Å². The van der Waals surface area contributed by atoms with Gasteiger partial charge < -0.3 is 11.1 Å². The van der Waals surface area contributed by atoms with Crippen molar-refractivity contribution in [2.24, 2.45) is 23.5 Å². The molecule has 1 heterocycles. The molecule has 3 N–H and O–H groups in total. The first-order valence-electron chi connectivity index (χ1n) is 7.03. The molecule has 4 nitrogen and oxygen atoms in total. The van der Waals surface area contributed by atoms with Gasteiger partial charge in [-0.05, 0) is 50.0 Å². The number of nitrogens with one attached hydrogen (secondary N) is 1. The fourth-order valence-corrected chi connectivity index (χ4v) is 4.03. The third-order valence-corrected chi connectivity index (χ3v) is 5.01. The molecule has 2 fully saturated rings. The van der Waals surface area contributed by atoms with Gasteiger partial charge in [-0.25, -0.2) is 0 Å². The van der Waals surface area contributed by atoms with Gasteiger partial charge in [0.25, 0.3) is 0 Å². The van der Waals surface area contributed by atoms with Crippen molar-refractivity contribution in [3.8, 4) is 0 Å². The lowest BCUT2D eigenvalue weighted by atomic mass is 9.84. The maximum atomic E-state index is 5.73. The van der Waals surface area contributed by atoms with Gasteiger partial charge >= 0.3 is 0 Å². The van der Waals surface area contributed by atoms with Gasteiger partial charge in [0.2, 0.25) is 0 Å². The molecular formula is C14H20N4S. The fraction of sp³-hybridized carbons (Fsp3) is 0.643. The highest BCUT2D eigenvalue weighted by atomic mass is 32.1. The van der Waals surface area contributed by atoms with Crippen LogP contribution in [0.15, 0.2) is 12.3 Å². The van der Waals surface area contributed by atoms with Crippen LogP contribution in [0.2, 0.25) is 0 Å². The summed E-state index contributed by atoms with van der Waals surface area (Å²) in [6.07, 6.45) is 7.21. The second-order valence-corrected chi connectivity index (χ2v) is 6.37. The molecule has 5 heteroatoms. The smallest absolute Gasteiger partial charge is 0.159 e. The molecule has 0 spiro atoms. The minimum absolute atomic E-state index is 0.373. The predicted octanol–water partition coefficient (Wildman–Crippen LogP) is 2.35. The summed E-state index contributed by atoms with van der Waals surface area (Å²) in [4.78, 5) is 0.373. The third kappa shape index (κ3) is 2.43. The van der Waals surface area contributed by atoms with Crippen LogP contribution < -0.4 is 11.1 Å². The highest BCUT2D eigenvalue weighted by molar-refractivity contribution is 7.80. The summed E-state index contributed by atoms with van der Waals surface area (Å²) < 4.78 is 0. The van der Waals surface area contributed by atoms with Gasteiger partial charge in [0.15, 0.2) is 5.82 Å². The molecule has 0 saturated heterocycles. The third-order valence-electron chi connectivity index (χ3n) is 4.79. The number of aromatic nitrogens is 2. The van der Waals surface area contributed by atoms with E-state index < -0.39 is 0 Å². The predicted molar refractivity (Wildman–Crippen MR) is 79.9 cm³/mol. The van der Waals surface area contributed by atoms with Crippen LogP contribution in [-0.2, 0) is 0 Å². The lowest BCUT2D eigenvalue weighted by Gasteiger charge is -2.29. The summed E-state index contributed by atoms with van der Waals surface area (Å²) in [5, 5.41) is 11.5. The Morgan fingerprint density at radius 3 is 2.95 bits per heavy atom. The average Bonchev–Trinajstić information content (AvgIpc) is 3.01. The van der Waals surface area contributed by atoms with Gasteiger partial charge in [-0.15, -0.1) is 5.10 Å². The summed E-state index contributed by atoms with van der Waals surface area (Å²) in [5.74, 6) is 3.32. The van der Waals surface area contributed by atoms with Crippen molar-refractivity contribution in [2.75, 3.05) is 5.32 Å². The monoisotopic (exact) mass is 276 g/mol. The first kappa shape index (κ1) is 12.8. The minimum Gasteiger partial charge on any atom is -0.389 e. The van der Waals surface area contributed by atoms with Crippen LogP contribution >= 0.6 is 12.2 Å². The number of fused-ring (bicyclic) bond motifs is 2. The van der Waals surface area contributed by atoms with Gasteiger partial charge in [-0.3, -0.25) is 0 Å². The molecule has 0 amide bonds. The lowest BCUT2D eigenvalue weighted by molar-refractivity contribution is 0.304. The number of hydrogen-bond acceptors (Lipinski definition) is 4. The quantitative estimate of drug-likeness (QED) is 0.827. The zero-order valence-electron chi connectivity index (χ0n) is 11.2. The Kier molecular flexibility index (Phi) is 3.39. The number of rotatable bonds is 4. The van der Waals surface area contributed by atoms with Crippen molar-refractivity contribution in [3.05, 3.63) is 17.8 Å². The molecule has 1 aromatic heterocycles. The van der Waals surface area contributed by atoms with E-state index in [0.717, 1.165) is 29.1 Å². The minimum atomic E-state index is 0.373. The molecule has 2 aliphatic rings. The molecule has 2 bridgehead atoms. The molecule has 3 rings (SSSR count). The van der Waals surface area contributed by atoms with E-state index in [0.29, 0.717) is 11.0 Å². The second-order valence-electron chi connectivity index (χ2n) is 5.93. The SMILES string of the molecule is CC(Nc1nnccc1C(N)=S)C1CC2CCC1C2. The van der Waals surface area contributed by atoms with Crippen LogP contribution in [0.25, 0.3) is 0 Å². The first-order valence-corrected chi connectivity index (χ1v) is 7.44. The van der Waals surface area contributed by atoms with E-state index >= 15 is 0 Å².